The fourth-order valence-electron chi connectivity index (χ4n) is 7.53. The molecule has 1 fully saturated rings. The van der Waals surface area contributed by atoms with E-state index in [0.717, 1.165) is 38.5 Å². The summed E-state index contributed by atoms with van der Waals surface area (Å²) >= 11 is 0. The van der Waals surface area contributed by atoms with Crippen molar-refractivity contribution in [1.29, 1.82) is 0 Å². The minimum Gasteiger partial charge on any atom is -0.395 e. The molecule has 2 atom stereocenters. The van der Waals surface area contributed by atoms with Gasteiger partial charge in [-0.15, -0.1) is 0 Å². The van der Waals surface area contributed by atoms with Gasteiger partial charge >= 0.3 is 6.03 Å². The van der Waals surface area contributed by atoms with Gasteiger partial charge in [-0.25, -0.2) is 4.79 Å². The molecule has 1 rings (SSSR count). The maximum Gasteiger partial charge on any atom is 0.323 e. The molecule has 9 heteroatoms. The zero-order valence-corrected chi connectivity index (χ0v) is 34.1. The second kappa shape index (κ2) is 34.9. The Morgan fingerprint density at radius 2 is 0.673 bits per heavy atom. The van der Waals surface area contributed by atoms with Gasteiger partial charge in [0.15, 0.2) is 0 Å². The summed E-state index contributed by atoms with van der Waals surface area (Å²) in [5, 5.41) is 25.3. The first-order chi connectivity index (χ1) is 25.5. The topological polar surface area (TPSA) is 122 Å². The zero-order chi connectivity index (χ0) is 37.9. The van der Waals surface area contributed by atoms with Crippen LogP contribution < -0.4 is 10.6 Å². The summed E-state index contributed by atoms with van der Waals surface area (Å²) in [5.74, 6) is -0.328. The van der Waals surface area contributed by atoms with Gasteiger partial charge in [-0.1, -0.05) is 194 Å². The van der Waals surface area contributed by atoms with Crippen LogP contribution in [0.2, 0.25) is 0 Å². The molecule has 0 aliphatic carbocycles. The summed E-state index contributed by atoms with van der Waals surface area (Å²) in [6.07, 6.45) is 37.0. The van der Waals surface area contributed by atoms with Gasteiger partial charge in [0.2, 0.25) is 11.8 Å². The molecule has 1 aliphatic rings. The molecule has 52 heavy (non-hydrogen) atoms. The molecule has 4 amide bonds. The Bertz CT molecular complexity index is 793. The molecule has 0 saturated carbocycles. The Morgan fingerprint density at radius 1 is 0.442 bits per heavy atom. The van der Waals surface area contributed by atoms with Crippen LogP contribution in [0.25, 0.3) is 0 Å². The minimum absolute atomic E-state index is 0.0378. The molecule has 0 spiro atoms. The lowest BCUT2D eigenvalue weighted by molar-refractivity contribution is -0.126. The average molecular weight is 737 g/mol. The highest BCUT2D eigenvalue weighted by Gasteiger charge is 2.46. The van der Waals surface area contributed by atoms with E-state index in [2.05, 4.69) is 24.5 Å². The first-order valence-electron chi connectivity index (χ1n) is 22.4. The maximum atomic E-state index is 13.2. The van der Waals surface area contributed by atoms with E-state index in [1.165, 1.54) is 164 Å². The number of hydrogen-bond acceptors (Lipinski definition) is 5. The van der Waals surface area contributed by atoms with Crippen molar-refractivity contribution >= 4 is 17.8 Å². The number of aliphatic hydroxyl groups is 2. The third-order valence-corrected chi connectivity index (χ3v) is 10.8. The van der Waals surface area contributed by atoms with Crippen LogP contribution in [-0.4, -0.2) is 76.5 Å². The lowest BCUT2D eigenvalue weighted by Crippen LogP contribution is -2.58. The van der Waals surface area contributed by atoms with E-state index < -0.39 is 18.4 Å². The van der Waals surface area contributed by atoms with Gasteiger partial charge in [0, 0.05) is 25.9 Å². The van der Waals surface area contributed by atoms with Crippen molar-refractivity contribution in [3.8, 4) is 0 Å². The number of nitrogens with zero attached hydrogens (tertiary/aromatic N) is 2. The molecule has 1 heterocycles. The van der Waals surface area contributed by atoms with Crippen molar-refractivity contribution in [1.82, 2.24) is 20.4 Å². The minimum atomic E-state index is -0.792. The third kappa shape index (κ3) is 24.4. The quantitative estimate of drug-likeness (QED) is 0.0470. The van der Waals surface area contributed by atoms with Crippen molar-refractivity contribution in [2.75, 3.05) is 26.3 Å². The second-order valence-electron chi connectivity index (χ2n) is 15.5. The predicted octanol–water partition coefficient (Wildman–Crippen LogP) is 10.1. The van der Waals surface area contributed by atoms with Crippen LogP contribution in [0.3, 0.4) is 0 Å². The average Bonchev–Trinajstić information content (AvgIpc) is 3.36. The van der Waals surface area contributed by atoms with Crippen LogP contribution >= 0.6 is 0 Å². The van der Waals surface area contributed by atoms with Gasteiger partial charge in [-0.05, 0) is 12.8 Å². The van der Waals surface area contributed by atoms with Crippen LogP contribution in [0.1, 0.15) is 219 Å². The van der Waals surface area contributed by atoms with E-state index in [1.807, 2.05) is 0 Å². The summed E-state index contributed by atoms with van der Waals surface area (Å²) in [7, 11) is 0. The maximum absolute atomic E-state index is 13.2. The molecule has 1 aliphatic heterocycles. The summed E-state index contributed by atoms with van der Waals surface area (Å²) in [6.45, 7) is 4.08. The van der Waals surface area contributed by atoms with Gasteiger partial charge in [0.25, 0.3) is 0 Å². The highest BCUT2D eigenvalue weighted by molar-refractivity contribution is 5.83. The largest absolute Gasteiger partial charge is 0.395 e. The molecule has 4 N–H and O–H groups in total. The second-order valence-corrected chi connectivity index (χ2v) is 15.5. The number of β-amino-alcohol motifs (C(OH)–C–C–N with tert-alkyl or cyclic N) is 2. The summed E-state index contributed by atoms with van der Waals surface area (Å²) in [6, 6.07) is -0.405. The van der Waals surface area contributed by atoms with Crippen molar-refractivity contribution in [3.63, 3.8) is 0 Å². The fraction of sp³-hybridized carbons (Fsp3) is 0.930. The first kappa shape index (κ1) is 48.1. The number of unbranched alkanes of at least 4 members (excludes halogenated alkanes) is 28. The van der Waals surface area contributed by atoms with Crippen LogP contribution in [0.4, 0.5) is 4.79 Å². The van der Waals surface area contributed by atoms with Gasteiger partial charge in [-0.2, -0.15) is 0 Å². The van der Waals surface area contributed by atoms with E-state index in [1.54, 1.807) is 0 Å². The monoisotopic (exact) mass is 737 g/mol. The SMILES string of the molecule is CCCCCCCCCCCCCCCCCC(=O)NC1C(NC(=O)CCCCCCCCCCCCCCCCC)N(CCO)C(=O)N1CCO. The van der Waals surface area contributed by atoms with Crippen LogP contribution in [0.15, 0.2) is 0 Å². The molecule has 0 bridgehead atoms. The van der Waals surface area contributed by atoms with Gasteiger partial charge in [-0.3, -0.25) is 19.4 Å². The molecule has 0 aromatic carbocycles. The first-order valence-corrected chi connectivity index (χ1v) is 22.4. The normalized spacial score (nSPS) is 15.9. The van der Waals surface area contributed by atoms with Gasteiger partial charge < -0.3 is 20.8 Å². The Hall–Kier alpha value is -1.87. The lowest BCUT2D eigenvalue weighted by atomic mass is 10.0. The molecule has 0 aromatic heterocycles. The summed E-state index contributed by atoms with van der Waals surface area (Å²) < 4.78 is 0. The summed E-state index contributed by atoms with van der Waals surface area (Å²) in [5.41, 5.74) is 0. The molecule has 9 nitrogen and oxygen atoms in total. The van der Waals surface area contributed by atoms with Crippen molar-refractivity contribution in [3.05, 3.63) is 0 Å². The molecular weight excluding hydrogens is 652 g/mol. The number of carbonyl (C=O) groups is 3. The van der Waals surface area contributed by atoms with Crippen LogP contribution in [0.5, 0.6) is 0 Å². The van der Waals surface area contributed by atoms with E-state index >= 15 is 0 Å². The smallest absolute Gasteiger partial charge is 0.323 e. The van der Waals surface area contributed by atoms with E-state index in [-0.39, 0.29) is 38.1 Å². The van der Waals surface area contributed by atoms with E-state index in [4.69, 9.17) is 0 Å². The number of carbonyl (C=O) groups excluding carboxylic acids is 3. The van der Waals surface area contributed by atoms with Crippen molar-refractivity contribution < 1.29 is 24.6 Å². The lowest BCUT2D eigenvalue weighted by Gasteiger charge is -2.29. The third-order valence-electron chi connectivity index (χ3n) is 10.8. The van der Waals surface area contributed by atoms with Crippen LogP contribution in [-0.2, 0) is 9.59 Å². The van der Waals surface area contributed by atoms with E-state index in [9.17, 15) is 24.6 Å². The fourth-order valence-corrected chi connectivity index (χ4v) is 7.53. The molecule has 1 saturated heterocycles. The summed E-state index contributed by atoms with van der Waals surface area (Å²) in [4.78, 5) is 42.1. The Kier molecular flexibility index (Phi) is 32.3. The van der Waals surface area contributed by atoms with Gasteiger partial charge in [0.1, 0.15) is 12.3 Å². The predicted molar refractivity (Wildman–Crippen MR) is 216 cm³/mol. The molecule has 306 valence electrons. The van der Waals surface area contributed by atoms with Crippen molar-refractivity contribution in [2.45, 2.75) is 232 Å². The molecular formula is C43H84N4O5. The van der Waals surface area contributed by atoms with E-state index in [0.29, 0.717) is 12.8 Å². The highest BCUT2D eigenvalue weighted by Crippen LogP contribution is 2.21. The number of aliphatic hydroxyl groups excluding tert-OH is 2. The number of nitrogens with one attached hydrogen (secondary N) is 2. The Balaban J connectivity index is 2.30. The van der Waals surface area contributed by atoms with Crippen LogP contribution in [0, 0.1) is 0 Å². The highest BCUT2D eigenvalue weighted by atomic mass is 16.3. The molecule has 0 aromatic rings. The number of urea groups is 1. The standard InChI is InChI=1S/C43H84N4O5/c1-3-5-7-9-11-13-15-17-19-21-23-25-27-29-31-33-39(50)44-41-42(47(36-38-49)43(52)46(41)35-37-48)45-40(51)34-32-30-28-26-24-22-20-18-16-14-12-10-8-6-4-2/h41-42,48-49H,3-38H2,1-2H3,(H,44,50)(H,45,51). The Labute approximate surface area is 320 Å². The van der Waals surface area contributed by atoms with Gasteiger partial charge in [0.05, 0.1) is 13.2 Å². The van der Waals surface area contributed by atoms with Crippen molar-refractivity contribution in [2.24, 2.45) is 0 Å². The number of amides is 4. The number of hydrogen-bond donors (Lipinski definition) is 4. The molecule has 0 radical (unpaired) electrons. The Morgan fingerprint density at radius 3 is 0.904 bits per heavy atom. The molecule has 2 unspecified atom stereocenters. The zero-order valence-electron chi connectivity index (χ0n) is 34.1. The number of rotatable bonds is 38.